The zero-order chi connectivity index (χ0) is 18.6. The highest BCUT2D eigenvalue weighted by Gasteiger charge is 2.24. The second kappa shape index (κ2) is 10.6. The van der Waals surface area contributed by atoms with E-state index in [1.165, 1.54) is 24.9 Å². The Hall–Kier alpha value is -2.11. The molecule has 2 aromatic carbocycles. The lowest BCUT2D eigenvalue weighted by Crippen LogP contribution is -2.48. The molecule has 2 saturated heterocycles. The van der Waals surface area contributed by atoms with Crippen LogP contribution in [0.5, 0.6) is 5.75 Å². The summed E-state index contributed by atoms with van der Waals surface area (Å²) in [6.45, 7) is 4.97. The molecule has 2 aliphatic heterocycles. The number of phenolic OH excluding ortho intramolecular Hbond substituents is 1. The van der Waals surface area contributed by atoms with Gasteiger partial charge in [0.2, 0.25) is 0 Å². The lowest BCUT2D eigenvalue weighted by atomic mass is 10.1. The standard InChI is InChI=1S/C22H27N3O2.2ClH/c26-21-10-9-19(23-11-5-2-6-12-23)17-20(21)24-13-15-25(16-14-24)22(27)18-7-3-1-4-8-18;;/h1,3-4,7-10,17,26H,2,5-6,11-16H2;2*1H. The lowest BCUT2D eigenvalue weighted by Gasteiger charge is -2.37. The normalized spacial score (nSPS) is 16.6. The van der Waals surface area contributed by atoms with Crippen LogP contribution in [0.15, 0.2) is 48.5 Å². The van der Waals surface area contributed by atoms with Gasteiger partial charge in [-0.3, -0.25) is 4.79 Å². The van der Waals surface area contributed by atoms with E-state index in [0.717, 1.165) is 37.4 Å². The van der Waals surface area contributed by atoms with Crippen molar-refractivity contribution in [3.8, 4) is 5.75 Å². The molecule has 0 saturated carbocycles. The second-order valence-corrected chi connectivity index (χ2v) is 7.37. The number of nitrogens with zero attached hydrogens (tertiary/aromatic N) is 3. The van der Waals surface area contributed by atoms with Gasteiger partial charge in [-0.15, -0.1) is 24.8 Å². The SMILES string of the molecule is Cl.Cl.O=C(c1ccccc1)N1CCN(c2cc(N3CCCCC3)ccc2O)CC1. The van der Waals surface area contributed by atoms with Crippen LogP contribution in [0.2, 0.25) is 0 Å². The van der Waals surface area contributed by atoms with Crippen LogP contribution in [0.1, 0.15) is 29.6 Å². The van der Waals surface area contributed by atoms with Gasteiger partial charge in [-0.1, -0.05) is 18.2 Å². The summed E-state index contributed by atoms with van der Waals surface area (Å²) in [5.41, 5.74) is 2.80. The molecule has 1 amide bonds. The Balaban J connectivity index is 0.00000150. The van der Waals surface area contributed by atoms with Crippen LogP contribution < -0.4 is 9.80 Å². The maximum absolute atomic E-state index is 12.6. The number of hydrogen-bond acceptors (Lipinski definition) is 4. The van der Waals surface area contributed by atoms with Gasteiger partial charge in [0.05, 0.1) is 5.69 Å². The Labute approximate surface area is 185 Å². The van der Waals surface area contributed by atoms with E-state index in [1.807, 2.05) is 41.3 Å². The molecule has 0 bridgehead atoms. The first-order valence-corrected chi connectivity index (χ1v) is 9.89. The van der Waals surface area contributed by atoms with Crippen LogP contribution in [0.3, 0.4) is 0 Å². The lowest BCUT2D eigenvalue weighted by molar-refractivity contribution is 0.0746. The number of halogens is 2. The molecule has 4 rings (SSSR count). The molecular formula is C22H29Cl2N3O2. The molecule has 5 nitrogen and oxygen atoms in total. The average molecular weight is 438 g/mol. The van der Waals surface area contributed by atoms with Crippen molar-refractivity contribution in [2.24, 2.45) is 0 Å². The Bertz CT molecular complexity index is 790. The third-order valence-corrected chi connectivity index (χ3v) is 5.61. The summed E-state index contributed by atoms with van der Waals surface area (Å²) in [7, 11) is 0. The first-order valence-electron chi connectivity index (χ1n) is 9.89. The van der Waals surface area contributed by atoms with Gasteiger partial charge in [0, 0.05) is 50.5 Å². The number of carbonyl (C=O) groups is 1. The fraction of sp³-hybridized carbons (Fsp3) is 0.409. The van der Waals surface area contributed by atoms with Gasteiger partial charge in [-0.25, -0.2) is 0 Å². The highest BCUT2D eigenvalue weighted by Crippen LogP contribution is 2.33. The van der Waals surface area contributed by atoms with Crippen molar-refractivity contribution in [1.82, 2.24) is 4.90 Å². The number of hydrogen-bond donors (Lipinski definition) is 1. The number of benzene rings is 2. The van der Waals surface area contributed by atoms with Crippen molar-refractivity contribution in [3.05, 3.63) is 54.1 Å². The third kappa shape index (κ3) is 5.28. The number of aromatic hydroxyl groups is 1. The van der Waals surface area contributed by atoms with Crippen molar-refractivity contribution in [1.29, 1.82) is 0 Å². The van der Waals surface area contributed by atoms with E-state index >= 15 is 0 Å². The predicted molar refractivity (Wildman–Crippen MR) is 123 cm³/mol. The van der Waals surface area contributed by atoms with Gasteiger partial charge in [0.15, 0.2) is 0 Å². The summed E-state index contributed by atoms with van der Waals surface area (Å²) in [4.78, 5) is 19.1. The quantitative estimate of drug-likeness (QED) is 0.781. The molecule has 7 heteroatoms. The number of amides is 1. The van der Waals surface area contributed by atoms with Crippen LogP contribution in [0.4, 0.5) is 11.4 Å². The maximum atomic E-state index is 12.6. The van der Waals surface area contributed by atoms with E-state index in [0.29, 0.717) is 18.8 Å². The molecule has 0 spiro atoms. The molecule has 158 valence electrons. The van der Waals surface area contributed by atoms with Crippen molar-refractivity contribution in [2.75, 3.05) is 49.1 Å². The van der Waals surface area contributed by atoms with Gasteiger partial charge in [0.25, 0.3) is 5.91 Å². The van der Waals surface area contributed by atoms with Crippen molar-refractivity contribution in [2.45, 2.75) is 19.3 Å². The first-order chi connectivity index (χ1) is 13.2. The number of anilines is 2. The molecule has 0 radical (unpaired) electrons. The number of phenols is 1. The molecule has 0 unspecified atom stereocenters. The summed E-state index contributed by atoms with van der Waals surface area (Å²) in [6.07, 6.45) is 3.77. The number of piperazine rings is 1. The van der Waals surface area contributed by atoms with Crippen LogP contribution >= 0.6 is 24.8 Å². The highest BCUT2D eigenvalue weighted by atomic mass is 35.5. The molecule has 2 heterocycles. The maximum Gasteiger partial charge on any atom is 0.253 e. The van der Waals surface area contributed by atoms with Crippen LogP contribution in [0, 0.1) is 0 Å². The van der Waals surface area contributed by atoms with Gasteiger partial charge in [0.1, 0.15) is 5.75 Å². The summed E-state index contributed by atoms with van der Waals surface area (Å²) < 4.78 is 0. The van der Waals surface area contributed by atoms with Crippen LogP contribution in [0.25, 0.3) is 0 Å². The van der Waals surface area contributed by atoms with E-state index in [2.05, 4.69) is 15.9 Å². The number of piperidine rings is 1. The van der Waals surface area contributed by atoms with Gasteiger partial charge >= 0.3 is 0 Å². The Morgan fingerprint density at radius 1 is 0.759 bits per heavy atom. The molecule has 29 heavy (non-hydrogen) atoms. The molecule has 2 aliphatic rings. The fourth-order valence-corrected chi connectivity index (χ4v) is 4.03. The Morgan fingerprint density at radius 3 is 2.07 bits per heavy atom. The smallest absolute Gasteiger partial charge is 0.253 e. The van der Waals surface area contributed by atoms with E-state index in [-0.39, 0.29) is 30.7 Å². The van der Waals surface area contributed by atoms with Crippen molar-refractivity contribution < 1.29 is 9.90 Å². The average Bonchev–Trinajstić information content (AvgIpc) is 2.75. The predicted octanol–water partition coefficient (Wildman–Crippen LogP) is 4.19. The number of carbonyl (C=O) groups excluding carboxylic acids is 1. The molecule has 0 aromatic heterocycles. The highest BCUT2D eigenvalue weighted by molar-refractivity contribution is 5.94. The van der Waals surface area contributed by atoms with Gasteiger partial charge in [-0.2, -0.15) is 0 Å². The molecule has 0 atom stereocenters. The summed E-state index contributed by atoms with van der Waals surface area (Å²) in [5, 5.41) is 10.4. The number of rotatable bonds is 3. The van der Waals surface area contributed by atoms with Crippen LogP contribution in [-0.2, 0) is 0 Å². The minimum Gasteiger partial charge on any atom is -0.506 e. The van der Waals surface area contributed by atoms with E-state index < -0.39 is 0 Å². The van der Waals surface area contributed by atoms with E-state index in [9.17, 15) is 9.90 Å². The summed E-state index contributed by atoms with van der Waals surface area (Å²) >= 11 is 0. The first kappa shape index (κ1) is 23.2. The fourth-order valence-electron chi connectivity index (χ4n) is 4.03. The van der Waals surface area contributed by atoms with Crippen molar-refractivity contribution >= 4 is 42.1 Å². The molecule has 2 aromatic rings. The van der Waals surface area contributed by atoms with Gasteiger partial charge in [-0.05, 0) is 49.6 Å². The molecule has 1 N–H and O–H groups in total. The topological polar surface area (TPSA) is 47.0 Å². The minimum atomic E-state index is 0. The van der Waals surface area contributed by atoms with E-state index in [1.54, 1.807) is 6.07 Å². The zero-order valence-corrected chi connectivity index (χ0v) is 18.1. The molecule has 0 aliphatic carbocycles. The summed E-state index contributed by atoms with van der Waals surface area (Å²) in [5.74, 6) is 0.403. The van der Waals surface area contributed by atoms with Crippen molar-refractivity contribution in [3.63, 3.8) is 0 Å². The van der Waals surface area contributed by atoms with Gasteiger partial charge < -0.3 is 19.8 Å². The monoisotopic (exact) mass is 437 g/mol. The second-order valence-electron chi connectivity index (χ2n) is 7.37. The summed E-state index contributed by atoms with van der Waals surface area (Å²) in [6, 6.07) is 15.4. The van der Waals surface area contributed by atoms with E-state index in [4.69, 9.17) is 0 Å². The zero-order valence-electron chi connectivity index (χ0n) is 16.5. The third-order valence-electron chi connectivity index (χ3n) is 5.61. The Morgan fingerprint density at radius 2 is 1.41 bits per heavy atom. The minimum absolute atomic E-state index is 0. The Kier molecular flexibility index (Phi) is 8.47. The molecule has 2 fully saturated rings. The largest absolute Gasteiger partial charge is 0.506 e. The molecular weight excluding hydrogens is 409 g/mol. The van der Waals surface area contributed by atoms with Crippen LogP contribution in [-0.4, -0.2) is 55.2 Å².